The number of oxime groups is 1. The second-order valence-corrected chi connectivity index (χ2v) is 14.1. The summed E-state index contributed by atoms with van der Waals surface area (Å²) < 4.78 is 0. The molecule has 200 valence electrons. The monoisotopic (exact) mass is 497 g/mol. The highest BCUT2D eigenvalue weighted by Gasteiger charge is 2.59. The van der Waals surface area contributed by atoms with E-state index >= 15 is 0 Å². The van der Waals surface area contributed by atoms with E-state index in [0.29, 0.717) is 42.5 Å². The fourth-order valence-electron chi connectivity index (χ4n) is 9.26. The second kappa shape index (κ2) is 9.25. The van der Waals surface area contributed by atoms with Crippen LogP contribution >= 0.6 is 0 Å². The van der Waals surface area contributed by atoms with Gasteiger partial charge in [-0.2, -0.15) is 0 Å². The lowest BCUT2D eigenvalue weighted by atomic mass is 9.46. The van der Waals surface area contributed by atoms with Crippen LogP contribution in [0.25, 0.3) is 0 Å². The van der Waals surface area contributed by atoms with E-state index in [0.717, 1.165) is 43.9 Å². The first kappa shape index (κ1) is 25.9. The SMILES string of the molecule is C/C(=N\OC(=O)N(C)CC1CC(C)(C)CN1)[C@H]1CC[C@H]2[C@@H]3CCC4=CC(=O)CC[C@]4(C)[C@H]3CC[C@]12C. The highest BCUT2D eigenvalue weighted by Crippen LogP contribution is 2.66. The largest absolute Gasteiger partial charge is 0.435 e. The lowest BCUT2D eigenvalue weighted by Crippen LogP contribution is -2.51. The van der Waals surface area contributed by atoms with Gasteiger partial charge in [0.1, 0.15) is 0 Å². The van der Waals surface area contributed by atoms with Crippen molar-refractivity contribution in [1.29, 1.82) is 0 Å². The van der Waals surface area contributed by atoms with Gasteiger partial charge in [-0.25, -0.2) is 4.79 Å². The van der Waals surface area contributed by atoms with Gasteiger partial charge in [-0.05, 0) is 98.4 Å². The smallest absolute Gasteiger partial charge is 0.312 e. The number of carbonyl (C=O) groups is 2. The van der Waals surface area contributed by atoms with E-state index in [9.17, 15) is 9.59 Å². The van der Waals surface area contributed by atoms with Crippen LogP contribution < -0.4 is 5.32 Å². The first-order valence-corrected chi connectivity index (χ1v) is 14.4. The molecule has 5 aliphatic rings. The van der Waals surface area contributed by atoms with Crippen LogP contribution in [0.1, 0.15) is 92.4 Å². The molecule has 0 bridgehead atoms. The number of nitrogens with one attached hydrogen (secondary N) is 1. The number of hydrogen-bond donors (Lipinski definition) is 1. The molecular weight excluding hydrogens is 450 g/mol. The molecule has 1 heterocycles. The Morgan fingerprint density at radius 1 is 1.11 bits per heavy atom. The van der Waals surface area contributed by atoms with E-state index in [2.05, 4.69) is 45.1 Å². The quantitative estimate of drug-likeness (QED) is 0.295. The molecule has 0 aromatic heterocycles. The summed E-state index contributed by atoms with van der Waals surface area (Å²) in [5, 5.41) is 7.93. The third kappa shape index (κ3) is 4.46. The molecule has 1 aliphatic heterocycles. The molecule has 4 fully saturated rings. The lowest BCUT2D eigenvalue weighted by molar-refractivity contribution is -0.117. The van der Waals surface area contributed by atoms with Crippen LogP contribution in [0.15, 0.2) is 16.8 Å². The van der Waals surface area contributed by atoms with Gasteiger partial charge < -0.3 is 10.2 Å². The van der Waals surface area contributed by atoms with Crippen LogP contribution in [0.5, 0.6) is 0 Å². The topological polar surface area (TPSA) is 71.0 Å². The van der Waals surface area contributed by atoms with Crippen LogP contribution in [-0.2, 0) is 9.63 Å². The van der Waals surface area contributed by atoms with E-state index in [4.69, 9.17) is 4.84 Å². The minimum absolute atomic E-state index is 0.211. The van der Waals surface area contributed by atoms with Crippen LogP contribution in [0.4, 0.5) is 4.79 Å². The normalized spacial score (nSPS) is 41.7. The van der Waals surface area contributed by atoms with Gasteiger partial charge in [0.15, 0.2) is 5.78 Å². The minimum Gasteiger partial charge on any atom is -0.312 e. The maximum Gasteiger partial charge on any atom is 0.435 e. The molecule has 4 aliphatic carbocycles. The molecular formula is C30H47N3O3. The molecule has 36 heavy (non-hydrogen) atoms. The molecule has 0 aromatic carbocycles. The zero-order valence-corrected chi connectivity index (χ0v) is 23.4. The number of hydrogen-bond acceptors (Lipinski definition) is 5. The van der Waals surface area contributed by atoms with Crippen molar-refractivity contribution >= 4 is 17.6 Å². The first-order chi connectivity index (χ1) is 16.9. The third-order valence-corrected chi connectivity index (χ3v) is 11.2. The molecule has 0 aromatic rings. The number of rotatable bonds is 4. The van der Waals surface area contributed by atoms with Crippen LogP contribution in [0, 0.1) is 39.9 Å². The summed E-state index contributed by atoms with van der Waals surface area (Å²) in [7, 11) is 1.81. The van der Waals surface area contributed by atoms with Crippen molar-refractivity contribution < 1.29 is 14.4 Å². The second-order valence-electron chi connectivity index (χ2n) is 14.1. The minimum atomic E-state index is -0.365. The van der Waals surface area contributed by atoms with Crippen LogP contribution in [0.3, 0.4) is 0 Å². The first-order valence-electron chi connectivity index (χ1n) is 14.4. The van der Waals surface area contributed by atoms with Crippen molar-refractivity contribution in [2.24, 2.45) is 45.1 Å². The molecule has 6 nitrogen and oxygen atoms in total. The molecule has 0 spiro atoms. The molecule has 0 radical (unpaired) electrons. The Morgan fingerprint density at radius 3 is 2.61 bits per heavy atom. The van der Waals surface area contributed by atoms with E-state index in [1.807, 2.05) is 6.08 Å². The average molecular weight is 498 g/mol. The van der Waals surface area contributed by atoms with Gasteiger partial charge in [-0.1, -0.05) is 38.4 Å². The van der Waals surface area contributed by atoms with E-state index < -0.39 is 0 Å². The molecule has 1 N–H and O–H groups in total. The van der Waals surface area contributed by atoms with Crippen molar-refractivity contribution in [1.82, 2.24) is 10.2 Å². The Labute approximate surface area is 217 Å². The van der Waals surface area contributed by atoms with Gasteiger partial charge in [0.2, 0.25) is 0 Å². The summed E-state index contributed by atoms with van der Waals surface area (Å²) in [5.41, 5.74) is 3.12. The van der Waals surface area contributed by atoms with Crippen molar-refractivity contribution in [3.05, 3.63) is 11.6 Å². The van der Waals surface area contributed by atoms with Gasteiger partial charge in [0.05, 0.1) is 5.71 Å². The predicted octanol–water partition coefficient (Wildman–Crippen LogP) is 5.97. The van der Waals surface area contributed by atoms with Crippen molar-refractivity contribution in [3.63, 3.8) is 0 Å². The summed E-state index contributed by atoms with van der Waals surface area (Å²) in [4.78, 5) is 31.9. The number of carbonyl (C=O) groups excluding carboxylic acids is 2. The summed E-state index contributed by atoms with van der Waals surface area (Å²) >= 11 is 0. The molecule has 1 saturated heterocycles. The van der Waals surface area contributed by atoms with E-state index in [-0.39, 0.29) is 22.3 Å². The number of ketones is 1. The molecule has 6 heteroatoms. The Kier molecular flexibility index (Phi) is 6.67. The van der Waals surface area contributed by atoms with Gasteiger partial charge >= 0.3 is 6.09 Å². The van der Waals surface area contributed by atoms with Crippen molar-refractivity contribution in [2.75, 3.05) is 20.1 Å². The molecule has 7 atom stereocenters. The summed E-state index contributed by atoms with van der Waals surface area (Å²) in [6, 6.07) is 0.308. The Hall–Kier alpha value is -1.69. The Balaban J connectivity index is 1.23. The molecule has 3 saturated carbocycles. The van der Waals surface area contributed by atoms with Crippen LogP contribution in [0.2, 0.25) is 0 Å². The number of fused-ring (bicyclic) bond motifs is 5. The van der Waals surface area contributed by atoms with Crippen molar-refractivity contribution in [2.45, 2.75) is 98.4 Å². The number of allylic oxidation sites excluding steroid dienone is 1. The number of amides is 1. The number of nitrogens with zero attached hydrogens (tertiary/aromatic N) is 2. The molecule has 1 unspecified atom stereocenters. The molecule has 5 rings (SSSR count). The summed E-state index contributed by atoms with van der Waals surface area (Å²) in [6.45, 7) is 13.1. The van der Waals surface area contributed by atoms with Crippen LogP contribution in [-0.4, -0.2) is 48.7 Å². The predicted molar refractivity (Wildman–Crippen MR) is 143 cm³/mol. The summed E-state index contributed by atoms with van der Waals surface area (Å²) in [6.07, 6.45) is 11.5. The average Bonchev–Trinajstić information content (AvgIpc) is 3.35. The van der Waals surface area contributed by atoms with Gasteiger partial charge in [0, 0.05) is 38.5 Å². The zero-order chi connectivity index (χ0) is 25.9. The molecule has 1 amide bonds. The van der Waals surface area contributed by atoms with Gasteiger partial charge in [0.25, 0.3) is 0 Å². The van der Waals surface area contributed by atoms with Gasteiger partial charge in [-0.3, -0.25) is 9.63 Å². The Bertz CT molecular complexity index is 970. The maximum atomic E-state index is 12.7. The van der Waals surface area contributed by atoms with Gasteiger partial charge in [-0.15, -0.1) is 0 Å². The van der Waals surface area contributed by atoms with E-state index in [1.54, 1.807) is 11.9 Å². The number of likely N-dealkylation sites (N-methyl/N-ethyl adjacent to an activating group) is 1. The standard InChI is InChI=1S/C30H47N3O3/c1-19(32-36-27(35)33(6)17-21-16-28(2,3)18-31-21)24-9-10-25-23-8-7-20-15-22(34)11-13-29(20,4)26(23)12-14-30(24,25)5/h15,21,23-26,31H,7-14,16-18H2,1-6H3/b32-19+/t21?,23-,24+,25-,26-,29-,30+/m0/s1. The fraction of sp³-hybridized carbons (Fsp3) is 0.833. The maximum absolute atomic E-state index is 12.7. The zero-order valence-electron chi connectivity index (χ0n) is 23.4. The summed E-state index contributed by atoms with van der Waals surface area (Å²) in [5.74, 6) is 2.82. The Morgan fingerprint density at radius 2 is 1.89 bits per heavy atom. The third-order valence-electron chi connectivity index (χ3n) is 11.2. The lowest BCUT2D eigenvalue weighted by Gasteiger charge is -2.58. The van der Waals surface area contributed by atoms with E-state index in [1.165, 1.54) is 31.3 Å². The highest BCUT2D eigenvalue weighted by molar-refractivity contribution is 5.91. The highest BCUT2D eigenvalue weighted by atomic mass is 16.7. The van der Waals surface area contributed by atoms with Crippen molar-refractivity contribution in [3.8, 4) is 0 Å². The fourth-order valence-corrected chi connectivity index (χ4v) is 9.26.